The minimum absolute atomic E-state index is 0.00709. The number of esters is 1. The van der Waals surface area contributed by atoms with E-state index in [2.05, 4.69) is 0 Å². The summed E-state index contributed by atoms with van der Waals surface area (Å²) in [4.78, 5) is 39.1. The van der Waals surface area contributed by atoms with Gasteiger partial charge in [0.15, 0.2) is 34.2 Å². The maximum atomic E-state index is 13.4. The van der Waals surface area contributed by atoms with Crippen LogP contribution >= 0.6 is 0 Å². The molecule has 49 heavy (non-hydrogen) atoms. The van der Waals surface area contributed by atoms with Crippen LogP contribution in [0.15, 0.2) is 51.7 Å². The van der Waals surface area contributed by atoms with Crippen molar-refractivity contribution in [1.82, 2.24) is 0 Å². The largest absolute Gasteiger partial charge is 0.495 e. The number of ether oxygens (including phenoxy) is 8. The molecule has 13 nitrogen and oxygen atoms in total. The molecule has 2 aromatic heterocycles. The van der Waals surface area contributed by atoms with E-state index in [1.807, 2.05) is 0 Å². The van der Waals surface area contributed by atoms with Gasteiger partial charge < -0.3 is 46.7 Å². The molecule has 0 aliphatic rings. The third-order valence-corrected chi connectivity index (χ3v) is 7.74. The highest BCUT2D eigenvalue weighted by Gasteiger charge is 2.29. The van der Waals surface area contributed by atoms with Gasteiger partial charge in [-0.2, -0.15) is 0 Å². The lowest BCUT2D eigenvalue weighted by Crippen LogP contribution is -2.15. The van der Waals surface area contributed by atoms with E-state index in [4.69, 9.17) is 46.7 Å². The van der Waals surface area contributed by atoms with Crippen LogP contribution in [0.25, 0.3) is 21.9 Å². The van der Waals surface area contributed by atoms with Crippen molar-refractivity contribution in [2.75, 3.05) is 48.8 Å². The Labute approximate surface area is 281 Å². The smallest absolute Gasteiger partial charge is 0.338 e. The van der Waals surface area contributed by atoms with Gasteiger partial charge >= 0.3 is 5.97 Å². The molecule has 258 valence electrons. The lowest BCUT2D eigenvalue weighted by atomic mass is 10.0. The normalized spacial score (nSPS) is 11.0. The molecule has 0 aliphatic heterocycles. The number of hydrogen-bond donors (Lipinski definition) is 0. The molecule has 0 unspecified atom stereocenters. The molecular formula is C36H36O13. The minimum atomic E-state index is -0.643. The molecule has 0 spiro atoms. The average Bonchev–Trinajstić information content (AvgIpc) is 3.79. The third-order valence-electron chi connectivity index (χ3n) is 7.74. The van der Waals surface area contributed by atoms with Crippen LogP contribution in [0.2, 0.25) is 0 Å². The SMILES string of the molecule is COCCOC(=O)c1cc(COc2c(C(C)=O)c(OC)c3ccoc3c2OC)ccc1COc1c(C(C)=O)c(OC)c2ccoc2c1OC. The van der Waals surface area contributed by atoms with E-state index in [-0.39, 0.29) is 89.2 Å². The van der Waals surface area contributed by atoms with Crippen LogP contribution in [-0.2, 0) is 22.7 Å². The van der Waals surface area contributed by atoms with Gasteiger partial charge in [-0.15, -0.1) is 0 Å². The molecule has 0 amide bonds. The number of Topliss-reactive ketones (excluding diaryl/α,β-unsaturated/α-hetero) is 2. The molecule has 0 atom stereocenters. The maximum absolute atomic E-state index is 13.4. The second-order valence-corrected chi connectivity index (χ2v) is 10.7. The lowest BCUT2D eigenvalue weighted by molar-refractivity contribution is 0.0385. The first-order valence-electron chi connectivity index (χ1n) is 15.1. The summed E-state index contributed by atoms with van der Waals surface area (Å²) in [5.74, 6) is -0.110. The Morgan fingerprint density at radius 3 is 1.59 bits per heavy atom. The summed E-state index contributed by atoms with van der Waals surface area (Å²) in [5, 5.41) is 1.09. The summed E-state index contributed by atoms with van der Waals surface area (Å²) in [6.07, 6.45) is 2.92. The molecule has 0 aliphatic carbocycles. The zero-order chi connectivity index (χ0) is 35.2. The van der Waals surface area contributed by atoms with Crippen molar-refractivity contribution >= 4 is 39.5 Å². The van der Waals surface area contributed by atoms with E-state index in [1.54, 1.807) is 30.3 Å². The summed E-state index contributed by atoms with van der Waals surface area (Å²) in [5.41, 5.74) is 2.16. The first kappa shape index (κ1) is 34.6. The van der Waals surface area contributed by atoms with Crippen molar-refractivity contribution in [3.8, 4) is 34.5 Å². The van der Waals surface area contributed by atoms with Crippen LogP contribution in [-0.4, -0.2) is 66.3 Å². The van der Waals surface area contributed by atoms with Crippen LogP contribution in [0.5, 0.6) is 34.5 Å². The number of fused-ring (bicyclic) bond motifs is 2. The van der Waals surface area contributed by atoms with E-state index in [9.17, 15) is 14.4 Å². The van der Waals surface area contributed by atoms with Crippen molar-refractivity contribution < 1.29 is 61.1 Å². The predicted molar refractivity (Wildman–Crippen MR) is 176 cm³/mol. The van der Waals surface area contributed by atoms with E-state index in [1.165, 1.54) is 61.9 Å². The van der Waals surface area contributed by atoms with Crippen molar-refractivity contribution in [3.05, 3.63) is 70.7 Å². The highest BCUT2D eigenvalue weighted by Crippen LogP contribution is 2.48. The standard InChI is InChI=1S/C36H36O13/c1-19(37)26-28(41-4)23-10-12-45-30(23)34(43-6)32(26)48-17-21-8-9-22(25(16-21)36(39)47-15-14-40-3)18-49-33-27(20(2)38)29(42-5)24-11-13-46-31(24)35(33)44-7/h8-13,16H,14-15,17-18H2,1-7H3. The lowest BCUT2D eigenvalue weighted by Gasteiger charge is -2.19. The number of carbonyl (C=O) groups is 3. The van der Waals surface area contributed by atoms with Gasteiger partial charge in [-0.25, -0.2) is 4.79 Å². The Kier molecular flexibility index (Phi) is 10.6. The fourth-order valence-corrected chi connectivity index (χ4v) is 5.58. The summed E-state index contributed by atoms with van der Waals surface area (Å²) in [6, 6.07) is 8.34. The Bertz CT molecular complexity index is 2020. The second-order valence-electron chi connectivity index (χ2n) is 10.7. The Morgan fingerprint density at radius 1 is 0.612 bits per heavy atom. The zero-order valence-electron chi connectivity index (χ0n) is 28.2. The number of ketones is 2. The second kappa shape index (κ2) is 15.0. The molecule has 5 aromatic rings. The minimum Gasteiger partial charge on any atom is -0.495 e. The summed E-state index contributed by atoms with van der Waals surface area (Å²) < 4.78 is 56.6. The van der Waals surface area contributed by atoms with Crippen molar-refractivity contribution in [2.45, 2.75) is 27.1 Å². The van der Waals surface area contributed by atoms with E-state index >= 15 is 0 Å². The van der Waals surface area contributed by atoms with Crippen LogP contribution < -0.4 is 28.4 Å². The maximum Gasteiger partial charge on any atom is 0.338 e. The number of hydrogen-bond acceptors (Lipinski definition) is 13. The highest BCUT2D eigenvalue weighted by atomic mass is 16.6. The Morgan fingerprint density at radius 2 is 1.12 bits per heavy atom. The molecule has 0 radical (unpaired) electrons. The number of rotatable bonds is 16. The monoisotopic (exact) mass is 676 g/mol. The molecule has 0 fully saturated rings. The molecule has 2 heterocycles. The molecule has 0 saturated carbocycles. The van der Waals surface area contributed by atoms with Gasteiger partial charge in [0.25, 0.3) is 0 Å². The van der Waals surface area contributed by atoms with Gasteiger partial charge in [0.2, 0.25) is 11.5 Å². The van der Waals surface area contributed by atoms with Crippen LogP contribution in [0.4, 0.5) is 0 Å². The number of carbonyl (C=O) groups excluding carboxylic acids is 3. The zero-order valence-corrected chi connectivity index (χ0v) is 28.2. The molecule has 3 aromatic carbocycles. The Balaban J connectivity index is 1.53. The van der Waals surface area contributed by atoms with E-state index in [0.717, 1.165) is 0 Å². The average molecular weight is 677 g/mol. The van der Waals surface area contributed by atoms with Crippen molar-refractivity contribution in [2.24, 2.45) is 0 Å². The first-order chi connectivity index (χ1) is 23.7. The van der Waals surface area contributed by atoms with Crippen LogP contribution in [0, 0.1) is 0 Å². The van der Waals surface area contributed by atoms with Gasteiger partial charge in [0.1, 0.15) is 42.4 Å². The fourth-order valence-electron chi connectivity index (χ4n) is 5.58. The van der Waals surface area contributed by atoms with E-state index in [0.29, 0.717) is 33.1 Å². The topological polar surface area (TPSA) is 151 Å². The quantitative estimate of drug-likeness (QED) is 0.0629. The third kappa shape index (κ3) is 6.57. The van der Waals surface area contributed by atoms with Gasteiger partial charge in [-0.1, -0.05) is 12.1 Å². The number of methoxy groups -OCH3 is 5. The molecule has 0 bridgehead atoms. The van der Waals surface area contributed by atoms with Crippen molar-refractivity contribution in [3.63, 3.8) is 0 Å². The van der Waals surface area contributed by atoms with Crippen molar-refractivity contribution in [1.29, 1.82) is 0 Å². The van der Waals surface area contributed by atoms with E-state index < -0.39 is 5.97 Å². The predicted octanol–water partition coefficient (Wildman–Crippen LogP) is 6.58. The first-order valence-corrected chi connectivity index (χ1v) is 15.1. The number of benzene rings is 3. The van der Waals surface area contributed by atoms with Gasteiger partial charge in [-0.05, 0) is 37.6 Å². The summed E-state index contributed by atoms with van der Waals surface area (Å²) in [6.45, 7) is 2.72. The fraction of sp³-hybridized carbons (Fsp3) is 0.306. The molecular weight excluding hydrogens is 640 g/mol. The van der Waals surface area contributed by atoms with Crippen LogP contribution in [0.3, 0.4) is 0 Å². The highest BCUT2D eigenvalue weighted by molar-refractivity contribution is 6.09. The van der Waals surface area contributed by atoms with Crippen LogP contribution in [0.1, 0.15) is 56.0 Å². The molecule has 0 saturated heterocycles. The van der Waals surface area contributed by atoms with Gasteiger partial charge in [0.05, 0.1) is 63.9 Å². The molecule has 0 N–H and O–H groups in total. The summed E-state index contributed by atoms with van der Waals surface area (Å²) in [7, 11) is 7.25. The molecule has 5 rings (SSSR count). The Hall–Kier alpha value is -5.69. The summed E-state index contributed by atoms with van der Waals surface area (Å²) >= 11 is 0. The van der Waals surface area contributed by atoms with Gasteiger partial charge in [0, 0.05) is 12.7 Å². The number of furan rings is 2. The molecule has 13 heteroatoms. The van der Waals surface area contributed by atoms with Gasteiger partial charge in [-0.3, -0.25) is 9.59 Å².